The van der Waals surface area contributed by atoms with E-state index in [0.717, 1.165) is 0 Å². The van der Waals surface area contributed by atoms with Crippen LogP contribution in [-0.4, -0.2) is 27.3 Å². The summed E-state index contributed by atoms with van der Waals surface area (Å²) in [6.45, 7) is 8.39. The first kappa shape index (κ1) is 12.4. The Labute approximate surface area is 94.9 Å². The topological polar surface area (TPSA) is 75.1 Å². The molecule has 88 valence electrons. The molecule has 0 aliphatic rings. The lowest BCUT2D eigenvalue weighted by molar-refractivity contribution is 0.0689. The van der Waals surface area contributed by atoms with Gasteiger partial charge in [-0.05, 0) is 24.5 Å². The summed E-state index contributed by atoms with van der Waals surface area (Å²) >= 11 is 0. The Morgan fingerprint density at radius 1 is 1.38 bits per heavy atom. The average Bonchev–Trinajstić information content (AvgIpc) is 2.17. The second-order valence-corrected chi connectivity index (χ2v) is 4.84. The molecular weight excluding hydrogens is 206 g/mol. The molecule has 0 amide bonds. The smallest absolute Gasteiger partial charge is 0.356 e. The summed E-state index contributed by atoms with van der Waals surface area (Å²) in [4.78, 5) is 10.6. The summed E-state index contributed by atoms with van der Waals surface area (Å²) in [5.74, 6) is -0.477. The lowest BCUT2D eigenvalue weighted by Gasteiger charge is -2.28. The van der Waals surface area contributed by atoms with Crippen LogP contribution >= 0.6 is 0 Å². The van der Waals surface area contributed by atoms with Crippen molar-refractivity contribution < 1.29 is 9.90 Å². The van der Waals surface area contributed by atoms with Crippen LogP contribution in [-0.2, 0) is 0 Å². The molecule has 0 aliphatic carbocycles. The highest BCUT2D eigenvalue weighted by Gasteiger charge is 2.20. The van der Waals surface area contributed by atoms with Gasteiger partial charge in [0.05, 0.1) is 0 Å². The van der Waals surface area contributed by atoms with Crippen LogP contribution in [0.25, 0.3) is 0 Å². The van der Waals surface area contributed by atoms with Gasteiger partial charge < -0.3 is 10.4 Å². The van der Waals surface area contributed by atoms with Crippen molar-refractivity contribution in [3.8, 4) is 0 Å². The summed E-state index contributed by atoms with van der Waals surface area (Å²) in [6, 6.07) is 3.28. The number of carbonyl (C=O) groups is 1. The minimum absolute atomic E-state index is 0.0473. The van der Waals surface area contributed by atoms with E-state index in [0.29, 0.717) is 5.82 Å². The third kappa shape index (κ3) is 3.18. The van der Waals surface area contributed by atoms with E-state index in [2.05, 4.69) is 36.3 Å². The third-order valence-electron chi connectivity index (χ3n) is 2.55. The van der Waals surface area contributed by atoms with Crippen molar-refractivity contribution in [3.63, 3.8) is 0 Å². The van der Waals surface area contributed by atoms with Gasteiger partial charge in [-0.3, -0.25) is 0 Å². The number of aromatic nitrogens is 2. The number of hydrogen-bond acceptors (Lipinski definition) is 4. The molecule has 1 atom stereocenters. The molecule has 0 saturated heterocycles. The van der Waals surface area contributed by atoms with Gasteiger partial charge in [0.25, 0.3) is 0 Å². The molecule has 0 aromatic carbocycles. The Morgan fingerprint density at radius 2 is 2.00 bits per heavy atom. The molecule has 0 radical (unpaired) electrons. The molecule has 2 N–H and O–H groups in total. The zero-order valence-electron chi connectivity index (χ0n) is 9.98. The predicted molar refractivity (Wildman–Crippen MR) is 61.5 cm³/mol. The molecule has 1 aromatic rings. The van der Waals surface area contributed by atoms with Crippen molar-refractivity contribution in [2.24, 2.45) is 5.41 Å². The number of rotatable bonds is 3. The summed E-state index contributed by atoms with van der Waals surface area (Å²) in [6.07, 6.45) is 0. The Kier molecular flexibility index (Phi) is 3.47. The van der Waals surface area contributed by atoms with Gasteiger partial charge in [0.15, 0.2) is 5.69 Å². The molecule has 1 rings (SSSR count). The fourth-order valence-corrected chi connectivity index (χ4v) is 0.962. The van der Waals surface area contributed by atoms with Gasteiger partial charge in [-0.15, -0.1) is 10.2 Å². The monoisotopic (exact) mass is 223 g/mol. The zero-order chi connectivity index (χ0) is 12.3. The van der Waals surface area contributed by atoms with Crippen molar-refractivity contribution in [2.45, 2.75) is 33.7 Å². The van der Waals surface area contributed by atoms with Crippen molar-refractivity contribution >= 4 is 11.8 Å². The molecule has 0 spiro atoms. The number of nitrogens with one attached hydrogen (secondary N) is 1. The summed E-state index contributed by atoms with van der Waals surface area (Å²) in [5, 5.41) is 19.3. The molecule has 0 saturated carbocycles. The van der Waals surface area contributed by atoms with Crippen molar-refractivity contribution in [3.05, 3.63) is 17.8 Å². The average molecular weight is 223 g/mol. The molecule has 0 bridgehead atoms. The fraction of sp³-hybridized carbons (Fsp3) is 0.545. The maximum absolute atomic E-state index is 10.6. The van der Waals surface area contributed by atoms with E-state index in [1.54, 1.807) is 6.07 Å². The maximum atomic E-state index is 10.6. The van der Waals surface area contributed by atoms with Gasteiger partial charge in [-0.2, -0.15) is 0 Å². The van der Waals surface area contributed by atoms with Gasteiger partial charge in [0.1, 0.15) is 5.82 Å². The van der Waals surface area contributed by atoms with Crippen LogP contribution in [0.15, 0.2) is 12.1 Å². The largest absolute Gasteiger partial charge is 0.476 e. The van der Waals surface area contributed by atoms with Crippen LogP contribution in [0.4, 0.5) is 5.82 Å². The van der Waals surface area contributed by atoms with Gasteiger partial charge in [-0.1, -0.05) is 20.8 Å². The maximum Gasteiger partial charge on any atom is 0.356 e. The Hall–Kier alpha value is -1.65. The van der Waals surface area contributed by atoms with E-state index < -0.39 is 5.97 Å². The number of aromatic carboxylic acids is 1. The minimum atomic E-state index is -1.07. The summed E-state index contributed by atoms with van der Waals surface area (Å²) in [7, 11) is 0. The minimum Gasteiger partial charge on any atom is -0.476 e. The highest BCUT2D eigenvalue weighted by atomic mass is 16.4. The summed E-state index contributed by atoms with van der Waals surface area (Å²) in [5.41, 5.74) is 0.0571. The Bertz CT molecular complexity index is 368. The molecule has 5 nitrogen and oxygen atoms in total. The fourth-order valence-electron chi connectivity index (χ4n) is 0.962. The van der Waals surface area contributed by atoms with Crippen LogP contribution in [0.1, 0.15) is 38.2 Å². The number of carboxylic acid groups (broad SMARTS) is 1. The van der Waals surface area contributed by atoms with E-state index >= 15 is 0 Å². The van der Waals surface area contributed by atoms with Crippen molar-refractivity contribution in [1.82, 2.24) is 10.2 Å². The molecule has 1 heterocycles. The molecule has 16 heavy (non-hydrogen) atoms. The molecule has 1 unspecified atom stereocenters. The van der Waals surface area contributed by atoms with Gasteiger partial charge in [0, 0.05) is 6.04 Å². The molecule has 0 fully saturated rings. The number of carboxylic acids is 1. The van der Waals surface area contributed by atoms with Crippen molar-refractivity contribution in [2.75, 3.05) is 5.32 Å². The van der Waals surface area contributed by atoms with Crippen LogP contribution in [0.5, 0.6) is 0 Å². The first-order valence-corrected chi connectivity index (χ1v) is 5.14. The van der Waals surface area contributed by atoms with Crippen LogP contribution in [0.2, 0.25) is 0 Å². The van der Waals surface area contributed by atoms with Crippen LogP contribution < -0.4 is 5.32 Å². The second kappa shape index (κ2) is 4.47. The molecule has 1 aromatic heterocycles. The number of hydrogen-bond donors (Lipinski definition) is 2. The Balaban J connectivity index is 2.73. The van der Waals surface area contributed by atoms with E-state index in [1.165, 1.54) is 6.07 Å². The second-order valence-electron chi connectivity index (χ2n) is 4.84. The Morgan fingerprint density at radius 3 is 2.38 bits per heavy atom. The number of anilines is 1. The lowest BCUT2D eigenvalue weighted by Crippen LogP contribution is -2.31. The van der Waals surface area contributed by atoms with Gasteiger partial charge in [-0.25, -0.2) is 4.79 Å². The summed E-state index contributed by atoms with van der Waals surface area (Å²) < 4.78 is 0. The first-order valence-electron chi connectivity index (χ1n) is 5.14. The highest BCUT2D eigenvalue weighted by Crippen LogP contribution is 2.21. The molecule has 0 aliphatic heterocycles. The zero-order valence-corrected chi connectivity index (χ0v) is 9.98. The normalized spacial score (nSPS) is 13.2. The van der Waals surface area contributed by atoms with Crippen LogP contribution in [0.3, 0.4) is 0 Å². The quantitative estimate of drug-likeness (QED) is 0.820. The van der Waals surface area contributed by atoms with E-state index in [9.17, 15) is 4.79 Å². The van der Waals surface area contributed by atoms with Gasteiger partial charge >= 0.3 is 5.97 Å². The third-order valence-corrected chi connectivity index (χ3v) is 2.55. The highest BCUT2D eigenvalue weighted by molar-refractivity contribution is 5.85. The van der Waals surface area contributed by atoms with Crippen LogP contribution in [0, 0.1) is 5.41 Å². The number of nitrogens with zero attached hydrogens (tertiary/aromatic N) is 2. The lowest BCUT2D eigenvalue weighted by atomic mass is 9.88. The molecule has 5 heteroatoms. The standard InChI is InChI=1S/C11H17N3O2/c1-7(11(2,3)4)12-9-6-5-8(10(15)16)13-14-9/h5-7H,1-4H3,(H,12,14)(H,15,16). The van der Waals surface area contributed by atoms with Gasteiger partial charge in [0.2, 0.25) is 0 Å². The first-order chi connectivity index (χ1) is 7.30. The molecular formula is C11H17N3O2. The van der Waals surface area contributed by atoms with E-state index in [1.807, 2.05) is 6.92 Å². The van der Waals surface area contributed by atoms with E-state index in [-0.39, 0.29) is 17.2 Å². The van der Waals surface area contributed by atoms with Crippen molar-refractivity contribution in [1.29, 1.82) is 0 Å². The van der Waals surface area contributed by atoms with E-state index in [4.69, 9.17) is 5.11 Å². The predicted octanol–water partition coefficient (Wildman–Crippen LogP) is 2.02. The SMILES string of the molecule is CC(Nc1ccc(C(=O)O)nn1)C(C)(C)C.